The fourth-order valence-corrected chi connectivity index (χ4v) is 4.10. The number of ether oxygens (including phenoxy) is 2. The summed E-state index contributed by atoms with van der Waals surface area (Å²) >= 11 is 0. The van der Waals surface area contributed by atoms with Crippen LogP contribution in [0, 0.1) is 0 Å². The smallest absolute Gasteiger partial charge is 0.263 e. The Morgan fingerprint density at radius 2 is 1.69 bits per heavy atom. The van der Waals surface area contributed by atoms with E-state index in [1.54, 1.807) is 18.2 Å². The highest BCUT2D eigenvalue weighted by Gasteiger charge is 2.21. The highest BCUT2D eigenvalue weighted by molar-refractivity contribution is 7.92. The van der Waals surface area contributed by atoms with Gasteiger partial charge in [0.2, 0.25) is 6.79 Å². The number of hydrogen-bond acceptors (Lipinski definition) is 7. The number of sulfonamides is 1. The topological polar surface area (TPSA) is 93.7 Å². The number of rotatable bonds is 4. The Hall–Kier alpha value is -2.55. The maximum atomic E-state index is 12.5. The largest absolute Gasteiger partial charge is 0.454 e. The third-order valence-corrected chi connectivity index (χ3v) is 5.83. The molecule has 0 saturated carbocycles. The lowest BCUT2D eigenvalue weighted by molar-refractivity contribution is 0.174. The van der Waals surface area contributed by atoms with Crippen molar-refractivity contribution >= 4 is 21.7 Å². The van der Waals surface area contributed by atoms with Crippen molar-refractivity contribution in [2.45, 2.75) is 30.6 Å². The van der Waals surface area contributed by atoms with Gasteiger partial charge in [-0.1, -0.05) is 12.8 Å². The first-order valence-corrected chi connectivity index (χ1v) is 10.1. The number of nitrogens with one attached hydrogen (secondary N) is 1. The number of fused-ring (bicyclic) bond motifs is 1. The Balaban J connectivity index is 1.49. The standard InChI is InChI=1S/C17H20N4O4S/c22-26(23,13-5-6-14-15(11-13)25-12-24-14)20-16-7-8-17(19-18-16)21-9-3-1-2-4-10-21/h5-8,11H,1-4,9-10,12H2,(H,18,20). The van der Waals surface area contributed by atoms with E-state index in [1.807, 2.05) is 0 Å². The van der Waals surface area contributed by atoms with Crippen molar-refractivity contribution in [1.82, 2.24) is 10.2 Å². The van der Waals surface area contributed by atoms with Gasteiger partial charge >= 0.3 is 0 Å². The Morgan fingerprint density at radius 1 is 0.923 bits per heavy atom. The fraction of sp³-hybridized carbons (Fsp3) is 0.412. The van der Waals surface area contributed by atoms with Crippen LogP contribution in [0.4, 0.5) is 11.6 Å². The molecule has 9 heteroatoms. The lowest BCUT2D eigenvalue weighted by Crippen LogP contribution is -2.25. The molecule has 0 bridgehead atoms. The number of nitrogens with zero attached hydrogens (tertiary/aromatic N) is 3. The minimum Gasteiger partial charge on any atom is -0.454 e. The minimum atomic E-state index is -3.78. The summed E-state index contributed by atoms with van der Waals surface area (Å²) in [6.07, 6.45) is 4.75. The monoisotopic (exact) mass is 376 g/mol. The molecule has 0 atom stereocenters. The van der Waals surface area contributed by atoms with E-state index in [4.69, 9.17) is 9.47 Å². The average Bonchev–Trinajstić information content (AvgIpc) is 2.94. The minimum absolute atomic E-state index is 0.0835. The van der Waals surface area contributed by atoms with E-state index >= 15 is 0 Å². The van der Waals surface area contributed by atoms with Crippen LogP contribution in [0.5, 0.6) is 11.5 Å². The molecule has 0 spiro atoms. The first-order valence-electron chi connectivity index (χ1n) is 8.63. The maximum absolute atomic E-state index is 12.5. The van der Waals surface area contributed by atoms with Crippen molar-refractivity contribution in [3.63, 3.8) is 0 Å². The van der Waals surface area contributed by atoms with E-state index in [0.717, 1.165) is 31.7 Å². The Kier molecular flexibility index (Phi) is 4.54. The summed E-state index contributed by atoms with van der Waals surface area (Å²) < 4.78 is 38.0. The van der Waals surface area contributed by atoms with Gasteiger partial charge in [0.1, 0.15) is 0 Å². The molecule has 1 aromatic heterocycles. The molecular formula is C17H20N4O4S. The molecule has 0 amide bonds. The van der Waals surface area contributed by atoms with Crippen molar-refractivity contribution in [3.05, 3.63) is 30.3 Å². The molecule has 2 aliphatic rings. The fourth-order valence-electron chi connectivity index (χ4n) is 3.09. The number of anilines is 2. The zero-order chi connectivity index (χ0) is 18.0. The van der Waals surface area contributed by atoms with Crippen LogP contribution >= 0.6 is 0 Å². The van der Waals surface area contributed by atoms with Gasteiger partial charge in [0, 0.05) is 19.2 Å². The zero-order valence-electron chi connectivity index (χ0n) is 14.2. The summed E-state index contributed by atoms with van der Waals surface area (Å²) in [4.78, 5) is 2.27. The summed E-state index contributed by atoms with van der Waals surface area (Å²) in [5.74, 6) is 1.90. The molecule has 4 rings (SSSR count). The van der Waals surface area contributed by atoms with E-state index in [9.17, 15) is 8.42 Å². The van der Waals surface area contributed by atoms with Gasteiger partial charge in [-0.2, -0.15) is 0 Å². The summed E-state index contributed by atoms with van der Waals surface area (Å²) in [5, 5.41) is 8.21. The highest BCUT2D eigenvalue weighted by Crippen LogP contribution is 2.34. The average molecular weight is 376 g/mol. The van der Waals surface area contributed by atoms with E-state index in [1.165, 1.54) is 25.0 Å². The Labute approximate surface area is 152 Å². The van der Waals surface area contributed by atoms with Crippen LogP contribution in [-0.4, -0.2) is 38.5 Å². The SMILES string of the molecule is O=S(=O)(Nc1ccc(N2CCCCCC2)nn1)c1ccc2c(c1)OCO2. The second-order valence-corrected chi connectivity index (χ2v) is 7.98. The van der Waals surface area contributed by atoms with Crippen LogP contribution in [0.3, 0.4) is 0 Å². The molecule has 138 valence electrons. The molecule has 1 N–H and O–H groups in total. The molecule has 0 aliphatic carbocycles. The van der Waals surface area contributed by atoms with Crippen molar-refractivity contribution < 1.29 is 17.9 Å². The lowest BCUT2D eigenvalue weighted by atomic mass is 10.2. The second kappa shape index (κ2) is 6.99. The van der Waals surface area contributed by atoms with Crippen LogP contribution in [0.1, 0.15) is 25.7 Å². The van der Waals surface area contributed by atoms with Crippen molar-refractivity contribution in [2.24, 2.45) is 0 Å². The number of aromatic nitrogens is 2. The molecule has 1 fully saturated rings. The molecule has 1 saturated heterocycles. The molecule has 0 radical (unpaired) electrons. The summed E-state index contributed by atoms with van der Waals surface area (Å²) in [6, 6.07) is 7.91. The van der Waals surface area contributed by atoms with Crippen molar-refractivity contribution in [1.29, 1.82) is 0 Å². The van der Waals surface area contributed by atoms with Crippen LogP contribution < -0.4 is 19.1 Å². The van der Waals surface area contributed by atoms with Gasteiger partial charge in [0.25, 0.3) is 10.0 Å². The maximum Gasteiger partial charge on any atom is 0.263 e. The predicted molar refractivity (Wildman–Crippen MR) is 96.1 cm³/mol. The first-order chi connectivity index (χ1) is 12.6. The summed E-state index contributed by atoms with van der Waals surface area (Å²) in [7, 11) is -3.78. The van der Waals surface area contributed by atoms with Crippen LogP contribution in [0.25, 0.3) is 0 Å². The van der Waals surface area contributed by atoms with Gasteiger partial charge in [-0.05, 0) is 37.1 Å². The summed E-state index contributed by atoms with van der Waals surface area (Å²) in [6.45, 7) is 2.00. The molecule has 0 unspecified atom stereocenters. The van der Waals surface area contributed by atoms with E-state index in [-0.39, 0.29) is 17.5 Å². The number of benzene rings is 1. The highest BCUT2D eigenvalue weighted by atomic mass is 32.2. The molecule has 26 heavy (non-hydrogen) atoms. The third-order valence-electron chi connectivity index (χ3n) is 4.47. The van der Waals surface area contributed by atoms with Crippen LogP contribution in [-0.2, 0) is 10.0 Å². The Bertz CT molecular complexity index is 878. The van der Waals surface area contributed by atoms with Gasteiger partial charge in [0.05, 0.1) is 4.90 Å². The summed E-state index contributed by atoms with van der Waals surface area (Å²) in [5.41, 5.74) is 0. The molecular weight excluding hydrogens is 356 g/mol. The predicted octanol–water partition coefficient (Wildman–Crippen LogP) is 2.39. The molecule has 3 heterocycles. The molecule has 2 aliphatic heterocycles. The Morgan fingerprint density at radius 3 is 2.42 bits per heavy atom. The first kappa shape index (κ1) is 16.9. The second-order valence-electron chi connectivity index (χ2n) is 6.30. The van der Waals surface area contributed by atoms with Gasteiger partial charge in [-0.25, -0.2) is 8.42 Å². The van der Waals surface area contributed by atoms with E-state index < -0.39 is 10.0 Å². The lowest BCUT2D eigenvalue weighted by Gasteiger charge is -2.20. The molecule has 2 aromatic rings. The molecule has 1 aromatic carbocycles. The van der Waals surface area contributed by atoms with Crippen molar-refractivity contribution in [2.75, 3.05) is 29.5 Å². The third kappa shape index (κ3) is 3.52. The van der Waals surface area contributed by atoms with Gasteiger partial charge in [0.15, 0.2) is 23.1 Å². The van der Waals surface area contributed by atoms with Gasteiger partial charge in [-0.15, -0.1) is 10.2 Å². The molecule has 8 nitrogen and oxygen atoms in total. The van der Waals surface area contributed by atoms with Crippen molar-refractivity contribution in [3.8, 4) is 11.5 Å². The zero-order valence-corrected chi connectivity index (χ0v) is 15.0. The van der Waals surface area contributed by atoms with E-state index in [2.05, 4.69) is 19.8 Å². The van der Waals surface area contributed by atoms with Gasteiger partial charge in [-0.3, -0.25) is 4.72 Å². The van der Waals surface area contributed by atoms with Gasteiger partial charge < -0.3 is 14.4 Å². The normalized spacial score (nSPS) is 17.0. The quantitative estimate of drug-likeness (QED) is 0.875. The van der Waals surface area contributed by atoms with Crippen LogP contribution in [0.15, 0.2) is 35.2 Å². The number of hydrogen-bond donors (Lipinski definition) is 1. The van der Waals surface area contributed by atoms with Crippen LogP contribution in [0.2, 0.25) is 0 Å². The van der Waals surface area contributed by atoms with E-state index in [0.29, 0.717) is 11.5 Å².